The van der Waals surface area contributed by atoms with Crippen LogP contribution < -0.4 is 11.3 Å². The molecule has 14 nitrogen and oxygen atoms in total. The third-order valence-corrected chi connectivity index (χ3v) is 13.0. The summed E-state index contributed by atoms with van der Waals surface area (Å²) in [6.45, 7) is -2.00. The fourth-order valence-electron chi connectivity index (χ4n) is 7.25. The van der Waals surface area contributed by atoms with Crippen LogP contribution in [0.15, 0.2) is 103 Å². The number of aliphatic hydroxyl groups is 6. The molecule has 0 unspecified atom stereocenters. The van der Waals surface area contributed by atoms with Crippen LogP contribution in [0.2, 0.25) is 0 Å². The van der Waals surface area contributed by atoms with Crippen LogP contribution in [0.1, 0.15) is 11.1 Å². The predicted molar refractivity (Wildman–Crippen MR) is 198 cm³/mol. The van der Waals surface area contributed by atoms with Crippen molar-refractivity contribution in [1.82, 2.24) is 0 Å². The molecule has 0 saturated carbocycles. The number of hydrogen-bond donors (Lipinski definition) is 6. The van der Waals surface area contributed by atoms with E-state index >= 15 is 0 Å². The van der Waals surface area contributed by atoms with Crippen molar-refractivity contribution >= 4 is 58.4 Å². The maximum absolute atomic E-state index is 12.9. The van der Waals surface area contributed by atoms with Crippen molar-refractivity contribution in [3.63, 3.8) is 0 Å². The maximum atomic E-state index is 12.9. The number of aliphatic hydroxyl groups excluding tert-OH is 6. The van der Waals surface area contributed by atoms with Crippen LogP contribution in [0.4, 0.5) is 0 Å². The Labute approximate surface area is 318 Å². The molecular formula is C40H38O14Se. The van der Waals surface area contributed by atoms with Crippen molar-refractivity contribution in [2.75, 3.05) is 13.2 Å². The summed E-state index contributed by atoms with van der Waals surface area (Å²) in [5.74, 6) is 0. The molecule has 2 aliphatic rings. The van der Waals surface area contributed by atoms with E-state index in [1.165, 1.54) is 0 Å². The molecule has 2 aliphatic heterocycles. The fourth-order valence-corrected chi connectivity index (χ4v) is 10.0. The minimum atomic E-state index is -1.53. The van der Waals surface area contributed by atoms with Gasteiger partial charge in [-0.2, -0.15) is 0 Å². The molecule has 2 fully saturated rings. The van der Waals surface area contributed by atoms with Crippen LogP contribution in [0, 0.1) is 0 Å². The Morgan fingerprint density at radius 1 is 0.545 bits per heavy atom. The summed E-state index contributed by atoms with van der Waals surface area (Å²) >= 11 is -1.02. The molecule has 8 rings (SSSR count). The Balaban J connectivity index is 0.998. The molecule has 6 N–H and O–H groups in total. The van der Waals surface area contributed by atoms with Crippen molar-refractivity contribution in [3.05, 3.63) is 117 Å². The second-order valence-electron chi connectivity index (χ2n) is 13.6. The van der Waals surface area contributed by atoms with Gasteiger partial charge >= 0.3 is 319 Å². The third-order valence-electron chi connectivity index (χ3n) is 10.2. The van der Waals surface area contributed by atoms with Gasteiger partial charge in [-0.05, 0) is 0 Å². The number of benzene rings is 4. The van der Waals surface area contributed by atoms with E-state index in [9.17, 15) is 40.2 Å². The van der Waals surface area contributed by atoms with Gasteiger partial charge in [-0.15, -0.1) is 0 Å². The molecule has 0 spiro atoms. The number of ether oxygens (including phenoxy) is 4. The van der Waals surface area contributed by atoms with Gasteiger partial charge in [0.2, 0.25) is 0 Å². The van der Waals surface area contributed by atoms with Crippen molar-refractivity contribution in [3.8, 4) is 0 Å². The van der Waals surface area contributed by atoms with Gasteiger partial charge in [0.1, 0.15) is 0 Å². The van der Waals surface area contributed by atoms with E-state index in [0.717, 1.165) is 21.5 Å². The first kappa shape index (κ1) is 37.8. The zero-order chi connectivity index (χ0) is 38.4. The first-order chi connectivity index (χ1) is 26.6. The van der Waals surface area contributed by atoms with Gasteiger partial charge in [-0.25, -0.2) is 0 Å². The van der Waals surface area contributed by atoms with Crippen molar-refractivity contribution in [2.24, 2.45) is 0 Å². The zero-order valence-electron chi connectivity index (χ0n) is 29.0. The predicted octanol–water partition coefficient (Wildman–Crippen LogP) is 1.26. The van der Waals surface area contributed by atoms with Crippen LogP contribution >= 0.6 is 0 Å². The first-order valence-electron chi connectivity index (χ1n) is 17.7. The second-order valence-corrected chi connectivity index (χ2v) is 16.1. The average molecular weight is 822 g/mol. The van der Waals surface area contributed by atoms with Crippen molar-refractivity contribution in [1.29, 1.82) is 0 Å². The van der Waals surface area contributed by atoms with E-state index in [1.807, 2.05) is 60.7 Å². The van der Waals surface area contributed by atoms with E-state index in [4.69, 9.17) is 27.8 Å². The molecule has 2 aromatic heterocycles. The minimum absolute atomic E-state index is 0.136. The molecule has 0 aliphatic carbocycles. The molecule has 15 heteroatoms. The van der Waals surface area contributed by atoms with Gasteiger partial charge in [0, 0.05) is 0 Å². The van der Waals surface area contributed by atoms with Crippen molar-refractivity contribution < 1.29 is 58.4 Å². The van der Waals surface area contributed by atoms with E-state index < -0.39 is 98.3 Å². The summed E-state index contributed by atoms with van der Waals surface area (Å²) in [5.41, 5.74) is -0.280. The van der Waals surface area contributed by atoms with Gasteiger partial charge in [-0.1, -0.05) is 0 Å². The Bertz CT molecular complexity index is 2280. The summed E-state index contributed by atoms with van der Waals surface area (Å²) in [5, 5.41) is 67.9. The summed E-state index contributed by atoms with van der Waals surface area (Å²) in [4.78, 5) is 25.8. The molecule has 55 heavy (non-hydrogen) atoms. The third kappa shape index (κ3) is 7.24. The Morgan fingerprint density at radius 3 is 1.38 bits per heavy atom. The van der Waals surface area contributed by atoms with Crippen LogP contribution in [-0.4, -0.2) is 118 Å². The van der Waals surface area contributed by atoms with Crippen molar-refractivity contribution in [2.45, 2.75) is 72.1 Å². The van der Waals surface area contributed by atoms with E-state index in [0.29, 0.717) is 21.9 Å². The van der Waals surface area contributed by atoms with E-state index in [1.54, 1.807) is 24.3 Å². The SMILES string of the molecule is O=c1oc2ccc3ccccc3c2cc1CO[C@H]1[C@@H](O)[C@@H](CO)O[C@@H]([Se][C@@H]2O[C@H](CO)[C@H](O)[C@H](OCc3cc4c(ccc5ccccc54)oc3=O)[C@H]2O)[C@@H]1O. The monoisotopic (exact) mass is 822 g/mol. The zero-order valence-corrected chi connectivity index (χ0v) is 30.8. The Hall–Kier alpha value is -4.06. The fraction of sp³-hybridized carbons (Fsp3) is 0.350. The Kier molecular flexibility index (Phi) is 10.9. The molecule has 0 amide bonds. The molecule has 0 bridgehead atoms. The molecule has 4 heterocycles. The van der Waals surface area contributed by atoms with Gasteiger partial charge in [0.15, 0.2) is 0 Å². The molecule has 6 aromatic rings. The number of fused-ring (bicyclic) bond motifs is 6. The normalized spacial score (nSPS) is 28.7. The molecule has 10 atom stereocenters. The van der Waals surface area contributed by atoms with Crippen LogP contribution in [0.25, 0.3) is 43.5 Å². The topological polar surface area (TPSA) is 219 Å². The summed E-state index contributed by atoms with van der Waals surface area (Å²) in [6, 6.07) is 25.5. The van der Waals surface area contributed by atoms with Gasteiger partial charge in [0.05, 0.1) is 0 Å². The first-order valence-corrected chi connectivity index (χ1v) is 19.7. The second kappa shape index (κ2) is 15.8. The standard InChI is InChI=1S/C40H38O14Se/c41-15-29-31(43)35(49-17-21-13-25-23-7-3-1-5-19(23)9-11-27(25)51-37(21)47)33(45)39(53-29)55-40-34(46)36(32(44)30(16-42)54-40)50-18-22-14-26-24-8-4-2-6-20(24)10-12-28(26)52-38(22)48/h1-14,29-36,39-46H,15-18H2/t29-,30-,31+,32+,33-,34-,35+,36+,39+,40+/m1/s1. The summed E-state index contributed by atoms with van der Waals surface area (Å²) in [6.07, 6.45) is -11.2. The molecule has 4 aromatic carbocycles. The van der Waals surface area contributed by atoms with Gasteiger partial charge in [-0.3, -0.25) is 0 Å². The van der Waals surface area contributed by atoms with Gasteiger partial charge < -0.3 is 0 Å². The van der Waals surface area contributed by atoms with Crippen LogP contribution in [-0.2, 0) is 32.2 Å². The average Bonchev–Trinajstić information content (AvgIpc) is 3.19. The van der Waals surface area contributed by atoms with Crippen LogP contribution in [0.5, 0.6) is 0 Å². The molecule has 0 radical (unpaired) electrons. The summed E-state index contributed by atoms with van der Waals surface area (Å²) < 4.78 is 34.8. The van der Waals surface area contributed by atoms with Gasteiger partial charge in [0.25, 0.3) is 0 Å². The number of rotatable bonds is 10. The molecule has 288 valence electrons. The molecule has 2 saturated heterocycles. The van der Waals surface area contributed by atoms with Crippen LogP contribution in [0.3, 0.4) is 0 Å². The van der Waals surface area contributed by atoms with E-state index in [-0.39, 0.29) is 24.3 Å². The quantitative estimate of drug-likeness (QED) is 0.0652. The molecular weight excluding hydrogens is 783 g/mol. The number of hydrogen-bond acceptors (Lipinski definition) is 14. The van der Waals surface area contributed by atoms with E-state index in [2.05, 4.69) is 0 Å². The summed E-state index contributed by atoms with van der Waals surface area (Å²) in [7, 11) is 0. The Morgan fingerprint density at radius 2 is 0.964 bits per heavy atom.